The summed E-state index contributed by atoms with van der Waals surface area (Å²) in [5, 5.41) is 32.5. The van der Waals surface area contributed by atoms with E-state index in [1.165, 1.54) is 28.1 Å². The molecule has 2 saturated heterocycles. The van der Waals surface area contributed by atoms with Crippen molar-refractivity contribution in [2.75, 3.05) is 85.8 Å². The summed E-state index contributed by atoms with van der Waals surface area (Å²) in [5.41, 5.74) is 7.57. The summed E-state index contributed by atoms with van der Waals surface area (Å²) in [6, 6.07) is 9.83. The molecule has 0 bridgehead atoms. The second-order valence-electron chi connectivity index (χ2n) is 22.5. The Hall–Kier alpha value is -5.96. The van der Waals surface area contributed by atoms with Crippen molar-refractivity contribution in [3.63, 3.8) is 0 Å². The maximum atomic E-state index is 14.0. The maximum absolute atomic E-state index is 14.0. The van der Waals surface area contributed by atoms with Gasteiger partial charge in [-0.2, -0.15) is 0 Å². The first-order valence-corrected chi connectivity index (χ1v) is 29.4. The minimum Gasteiger partial charge on any atom is -0.491 e. The largest absolute Gasteiger partial charge is 0.491 e. The zero-order valence-electron chi connectivity index (χ0n) is 48.6. The highest BCUT2D eigenvalue weighted by molar-refractivity contribution is 7.13. The molecular weight excluding hydrogens is 1100 g/mol. The average molecular weight is 1180 g/mol. The fourth-order valence-electron chi connectivity index (χ4n) is 9.42. The van der Waals surface area contributed by atoms with Crippen LogP contribution >= 0.6 is 22.7 Å². The molecule has 24 heteroatoms. The number of likely N-dealkylation sites (tertiary alicyclic amines) is 2. The van der Waals surface area contributed by atoms with Crippen LogP contribution in [0.3, 0.4) is 0 Å². The number of aliphatic hydroxyl groups is 2. The van der Waals surface area contributed by atoms with Gasteiger partial charge in [0.2, 0.25) is 35.4 Å². The van der Waals surface area contributed by atoms with Gasteiger partial charge in [0.25, 0.3) is 0 Å². The number of benzene rings is 2. The summed E-state index contributed by atoms with van der Waals surface area (Å²) < 4.78 is 34.3. The number of hydrogen-bond acceptors (Lipinski definition) is 18. The smallest absolute Gasteiger partial charge is 0.246 e. The molecule has 2 fully saturated rings. The van der Waals surface area contributed by atoms with Crippen LogP contribution in [0, 0.1) is 24.7 Å². The number of aryl methyl sites for hydroxylation is 2. The first-order valence-electron chi connectivity index (χ1n) is 27.6. The number of hydrogen-bond donors (Lipinski definition) is 6. The van der Waals surface area contributed by atoms with Gasteiger partial charge < -0.3 is 69.7 Å². The van der Waals surface area contributed by atoms with Crippen molar-refractivity contribution in [3.05, 3.63) is 76.0 Å². The lowest BCUT2D eigenvalue weighted by Gasteiger charge is -2.35. The van der Waals surface area contributed by atoms with Crippen molar-refractivity contribution in [2.45, 2.75) is 125 Å². The van der Waals surface area contributed by atoms with Crippen molar-refractivity contribution in [1.82, 2.24) is 41.0 Å². The SMILES string of the molecule is CC(=O)N[C@H](C(=O)N1C[C@H](O)C[C@H]1C(=O)NCc1ccc(-c2scnc2C)cc1OCCOCCOCCOCCOCCOCC(=O)N[C@H](C(=O)N1C[C@H](O)C[C@H]1C(=O)NCc1ccc(-c2scnc2C)cc1)C(C)(C)C)C(C)(C)C. The predicted molar refractivity (Wildman–Crippen MR) is 309 cm³/mol. The Morgan fingerprint density at radius 2 is 1.05 bits per heavy atom. The van der Waals surface area contributed by atoms with Crippen LogP contribution in [0.15, 0.2) is 53.5 Å². The van der Waals surface area contributed by atoms with E-state index in [9.17, 15) is 39.0 Å². The summed E-state index contributed by atoms with van der Waals surface area (Å²) in [6.45, 7) is 18.8. The van der Waals surface area contributed by atoms with Crippen molar-refractivity contribution in [2.24, 2.45) is 10.8 Å². The number of carbonyl (C=O) groups excluding carboxylic acids is 6. The topological polar surface area (TPSA) is 279 Å². The van der Waals surface area contributed by atoms with Gasteiger partial charge in [-0.3, -0.25) is 28.8 Å². The van der Waals surface area contributed by atoms with Gasteiger partial charge in [0, 0.05) is 51.5 Å². The fraction of sp³-hybridized carbons (Fsp3) is 0.586. The molecule has 0 unspecified atom stereocenters. The summed E-state index contributed by atoms with van der Waals surface area (Å²) in [4.78, 5) is 93.2. The Bertz CT molecular complexity index is 2740. The lowest BCUT2D eigenvalue weighted by atomic mass is 9.85. The van der Waals surface area contributed by atoms with E-state index in [2.05, 4.69) is 31.2 Å². The number of amides is 6. The number of ether oxygens (including phenoxy) is 6. The lowest BCUT2D eigenvalue weighted by Crippen LogP contribution is -2.58. The van der Waals surface area contributed by atoms with Crippen molar-refractivity contribution >= 4 is 58.1 Å². The van der Waals surface area contributed by atoms with E-state index in [4.69, 9.17) is 28.4 Å². The van der Waals surface area contributed by atoms with Crippen LogP contribution in [-0.2, 0) is 65.5 Å². The number of aromatic nitrogens is 2. The van der Waals surface area contributed by atoms with E-state index >= 15 is 0 Å². The number of nitrogens with zero attached hydrogens (tertiary/aromatic N) is 4. The number of thiazole rings is 2. The highest BCUT2D eigenvalue weighted by Crippen LogP contribution is 2.33. The number of β-amino-alcohol motifs (C(OH)–C–C–N with tert-alkyl or cyclic N) is 2. The fourth-order valence-corrected chi connectivity index (χ4v) is 11.0. The Morgan fingerprint density at radius 3 is 1.51 bits per heavy atom. The summed E-state index contributed by atoms with van der Waals surface area (Å²) in [5.74, 6) is -2.05. The first-order chi connectivity index (χ1) is 39.0. The molecule has 0 radical (unpaired) electrons. The van der Waals surface area contributed by atoms with Gasteiger partial charge in [0.05, 0.1) is 104 Å². The minimum absolute atomic E-state index is 0.0257. The first kappa shape index (κ1) is 65.2. The molecule has 22 nitrogen and oxygen atoms in total. The average Bonchev–Trinajstić information content (AvgIpc) is 4.31. The van der Waals surface area contributed by atoms with E-state index in [1.807, 2.05) is 97.9 Å². The molecule has 2 aromatic carbocycles. The summed E-state index contributed by atoms with van der Waals surface area (Å²) >= 11 is 3.07. The third-order valence-electron chi connectivity index (χ3n) is 13.8. The molecule has 6 rings (SSSR count). The number of rotatable bonds is 30. The molecule has 4 aromatic rings. The molecule has 6 amide bonds. The van der Waals surface area contributed by atoms with Crippen LogP contribution in [-0.4, -0.2) is 188 Å². The number of carbonyl (C=O) groups is 6. The van der Waals surface area contributed by atoms with Gasteiger partial charge in [-0.15, -0.1) is 22.7 Å². The van der Waals surface area contributed by atoms with Gasteiger partial charge in [-0.1, -0.05) is 77.9 Å². The van der Waals surface area contributed by atoms with Gasteiger partial charge in [-0.05, 0) is 47.4 Å². The van der Waals surface area contributed by atoms with Crippen LogP contribution in [0.2, 0.25) is 0 Å². The van der Waals surface area contributed by atoms with Crippen molar-refractivity contribution in [1.29, 1.82) is 0 Å². The standard InChI is InChI=1S/C58H82N8O14S2/c1-36-49(81-34-61-36)40-12-10-39(11-13-40)29-59-53(71)45-27-43(68)32-66(45)56(74)52(58(7,8)9)64-48(70)33-79-23-22-77-19-18-75-16-17-76-20-21-78-24-25-80-47-26-41(50-37(2)62-35-82-50)14-15-42(47)30-60-54(72)46-28-44(69)31-65(46)55(73)51(57(4,5)6)63-38(3)67/h10-15,26,34-35,43-46,51-52,68-69H,16-25,27-33H2,1-9H3,(H,59,71)(H,60,72)(H,63,67)(H,64,70)/t43-,44-,45+,46+,51-,52-/m1/s1. The lowest BCUT2D eigenvalue weighted by molar-refractivity contribution is -0.144. The number of aliphatic hydroxyl groups excluding tert-OH is 2. The monoisotopic (exact) mass is 1180 g/mol. The van der Waals surface area contributed by atoms with E-state index < -0.39 is 70.8 Å². The second-order valence-corrected chi connectivity index (χ2v) is 24.2. The van der Waals surface area contributed by atoms with E-state index in [0.29, 0.717) is 51.0 Å². The van der Waals surface area contributed by atoms with Crippen LogP contribution in [0.25, 0.3) is 20.9 Å². The van der Waals surface area contributed by atoms with E-state index in [0.717, 1.165) is 37.8 Å². The van der Waals surface area contributed by atoms with Gasteiger partial charge >= 0.3 is 0 Å². The maximum Gasteiger partial charge on any atom is 0.246 e. The normalized spacial score (nSPS) is 18.0. The third kappa shape index (κ3) is 19.3. The van der Waals surface area contributed by atoms with Crippen molar-refractivity contribution in [3.8, 4) is 26.6 Å². The second kappa shape index (κ2) is 31.1. The third-order valence-corrected chi connectivity index (χ3v) is 15.7. The molecule has 4 heterocycles. The molecule has 82 heavy (non-hydrogen) atoms. The van der Waals surface area contributed by atoms with Crippen LogP contribution in [0.1, 0.15) is 83.8 Å². The molecule has 0 aliphatic carbocycles. The van der Waals surface area contributed by atoms with Gasteiger partial charge in [-0.25, -0.2) is 9.97 Å². The Labute approximate surface area is 488 Å². The van der Waals surface area contributed by atoms with Gasteiger partial charge in [0.15, 0.2) is 0 Å². The minimum atomic E-state index is -0.988. The van der Waals surface area contributed by atoms with Crippen molar-refractivity contribution < 1.29 is 67.4 Å². The molecule has 6 atom stereocenters. The molecular formula is C58H82N8O14S2. The van der Waals surface area contributed by atoms with Crippen LogP contribution < -0.4 is 26.0 Å². The quantitative estimate of drug-likeness (QED) is 0.0403. The van der Waals surface area contributed by atoms with E-state index in [1.54, 1.807) is 22.4 Å². The van der Waals surface area contributed by atoms with Crippen LogP contribution in [0.4, 0.5) is 0 Å². The molecule has 450 valence electrons. The highest BCUT2D eigenvalue weighted by Gasteiger charge is 2.46. The zero-order chi connectivity index (χ0) is 59.6. The number of nitrogens with one attached hydrogen (secondary N) is 4. The Balaban J connectivity index is 0.823. The molecule has 2 aliphatic heterocycles. The molecule has 6 N–H and O–H groups in total. The van der Waals surface area contributed by atoms with E-state index in [-0.39, 0.29) is 83.9 Å². The molecule has 0 spiro atoms. The summed E-state index contributed by atoms with van der Waals surface area (Å²) in [6.07, 6.45) is -1.64. The Morgan fingerprint density at radius 1 is 0.610 bits per heavy atom. The summed E-state index contributed by atoms with van der Waals surface area (Å²) in [7, 11) is 0. The molecule has 0 saturated carbocycles. The molecule has 2 aromatic heterocycles. The predicted octanol–water partition coefficient (Wildman–Crippen LogP) is 3.95. The van der Waals surface area contributed by atoms with Gasteiger partial charge in [0.1, 0.15) is 43.1 Å². The Kier molecular flexibility index (Phi) is 24.7. The molecule has 2 aliphatic rings. The highest BCUT2D eigenvalue weighted by atomic mass is 32.1. The zero-order valence-corrected chi connectivity index (χ0v) is 50.2. The van der Waals surface area contributed by atoms with Crippen LogP contribution in [0.5, 0.6) is 5.75 Å².